The molecule has 0 unspecified atom stereocenters. The molecule has 7 heteroatoms. The fraction of sp³-hybridized carbons (Fsp3) is 0.250. The quantitative estimate of drug-likeness (QED) is 0.548. The Labute approximate surface area is 157 Å². The van der Waals surface area contributed by atoms with Crippen molar-refractivity contribution in [2.24, 2.45) is 5.10 Å². The van der Waals surface area contributed by atoms with Gasteiger partial charge in [0, 0.05) is 30.4 Å². The number of hydrazone groups is 1. The molecule has 2 heterocycles. The summed E-state index contributed by atoms with van der Waals surface area (Å²) < 4.78 is 5.38. The molecule has 4 rings (SSSR count). The van der Waals surface area contributed by atoms with Gasteiger partial charge < -0.3 is 14.7 Å². The molecule has 0 amide bonds. The Bertz CT molecular complexity index is 983. The Morgan fingerprint density at radius 3 is 2.81 bits per heavy atom. The van der Waals surface area contributed by atoms with Crippen molar-refractivity contribution in [1.29, 1.82) is 0 Å². The van der Waals surface area contributed by atoms with Crippen molar-refractivity contribution in [3.8, 4) is 5.75 Å². The lowest BCUT2D eigenvalue weighted by Crippen LogP contribution is -2.37. The summed E-state index contributed by atoms with van der Waals surface area (Å²) in [7, 11) is 0. The van der Waals surface area contributed by atoms with Crippen molar-refractivity contribution in [3.05, 3.63) is 53.7 Å². The molecule has 0 atom stereocenters. The van der Waals surface area contributed by atoms with E-state index >= 15 is 0 Å². The highest BCUT2D eigenvalue weighted by molar-refractivity contribution is 6.02. The standard InChI is InChI=1S/C20H21N5O2/c1-14-12-19(23-20(22-14)25-8-10-27-11-9-25)24-21-13-17-16-5-3-2-4-15(16)6-7-18(17)26/h2-7,12-13,26H,8-11H2,1H3,(H,22,23,24)/b21-13-. The van der Waals surface area contributed by atoms with Gasteiger partial charge in [-0.2, -0.15) is 10.1 Å². The Hall–Kier alpha value is -3.19. The van der Waals surface area contributed by atoms with E-state index in [1.807, 2.05) is 43.3 Å². The third-order valence-corrected chi connectivity index (χ3v) is 4.46. The first-order valence-corrected chi connectivity index (χ1v) is 8.89. The molecule has 7 nitrogen and oxygen atoms in total. The van der Waals surface area contributed by atoms with Gasteiger partial charge in [0.15, 0.2) is 5.82 Å². The lowest BCUT2D eigenvalue weighted by Gasteiger charge is -2.27. The molecular formula is C20H21N5O2. The minimum atomic E-state index is 0.187. The van der Waals surface area contributed by atoms with Crippen LogP contribution in [0.2, 0.25) is 0 Å². The second-order valence-corrected chi connectivity index (χ2v) is 6.38. The molecular weight excluding hydrogens is 342 g/mol. The van der Waals surface area contributed by atoms with Gasteiger partial charge in [0.1, 0.15) is 5.75 Å². The van der Waals surface area contributed by atoms with Crippen LogP contribution in [-0.4, -0.2) is 47.6 Å². The van der Waals surface area contributed by atoms with Gasteiger partial charge >= 0.3 is 0 Å². The molecule has 3 aromatic rings. The van der Waals surface area contributed by atoms with Gasteiger partial charge in [0.05, 0.1) is 19.4 Å². The Balaban J connectivity index is 1.57. The summed E-state index contributed by atoms with van der Waals surface area (Å²) in [5.41, 5.74) is 4.48. The van der Waals surface area contributed by atoms with E-state index in [1.165, 1.54) is 0 Å². The number of aromatic nitrogens is 2. The highest BCUT2D eigenvalue weighted by Crippen LogP contribution is 2.25. The molecule has 0 radical (unpaired) electrons. The fourth-order valence-corrected chi connectivity index (χ4v) is 3.10. The highest BCUT2D eigenvalue weighted by atomic mass is 16.5. The topological polar surface area (TPSA) is 82.9 Å². The number of benzene rings is 2. The van der Waals surface area contributed by atoms with E-state index in [-0.39, 0.29) is 5.75 Å². The number of nitrogens with one attached hydrogen (secondary N) is 1. The van der Waals surface area contributed by atoms with Crippen LogP contribution in [0.15, 0.2) is 47.6 Å². The summed E-state index contributed by atoms with van der Waals surface area (Å²) in [4.78, 5) is 11.2. The summed E-state index contributed by atoms with van der Waals surface area (Å²) in [6.07, 6.45) is 1.61. The largest absolute Gasteiger partial charge is 0.507 e. The third-order valence-electron chi connectivity index (χ3n) is 4.46. The molecule has 0 spiro atoms. The number of aromatic hydroxyl groups is 1. The predicted molar refractivity (Wildman–Crippen MR) is 107 cm³/mol. The predicted octanol–water partition coefficient (Wildman–Crippen LogP) is 2.93. The van der Waals surface area contributed by atoms with E-state index < -0.39 is 0 Å². The van der Waals surface area contributed by atoms with Gasteiger partial charge in [0.2, 0.25) is 5.95 Å². The van der Waals surface area contributed by atoms with Gasteiger partial charge in [-0.25, -0.2) is 4.98 Å². The zero-order chi connectivity index (χ0) is 18.6. The first-order chi connectivity index (χ1) is 13.2. The summed E-state index contributed by atoms with van der Waals surface area (Å²) in [5, 5.41) is 16.5. The van der Waals surface area contributed by atoms with Crippen molar-refractivity contribution < 1.29 is 9.84 Å². The van der Waals surface area contributed by atoms with Crippen molar-refractivity contribution in [3.63, 3.8) is 0 Å². The van der Waals surface area contributed by atoms with Crippen LogP contribution in [0.25, 0.3) is 10.8 Å². The molecule has 138 valence electrons. The van der Waals surface area contributed by atoms with Gasteiger partial charge in [-0.1, -0.05) is 30.3 Å². The second kappa shape index (κ2) is 7.59. The number of phenols is 1. The van der Waals surface area contributed by atoms with Crippen molar-refractivity contribution in [2.75, 3.05) is 36.6 Å². The fourth-order valence-electron chi connectivity index (χ4n) is 3.10. The maximum absolute atomic E-state index is 10.2. The first-order valence-electron chi connectivity index (χ1n) is 8.89. The summed E-state index contributed by atoms with van der Waals surface area (Å²) in [6.45, 7) is 4.83. The summed E-state index contributed by atoms with van der Waals surface area (Å²) >= 11 is 0. The number of hydrogen-bond acceptors (Lipinski definition) is 7. The van der Waals surface area contributed by atoms with E-state index in [2.05, 4.69) is 25.4 Å². The molecule has 2 aromatic carbocycles. The van der Waals surface area contributed by atoms with Crippen LogP contribution < -0.4 is 10.3 Å². The minimum Gasteiger partial charge on any atom is -0.507 e. The van der Waals surface area contributed by atoms with E-state index in [4.69, 9.17) is 4.74 Å². The maximum Gasteiger partial charge on any atom is 0.227 e. The number of nitrogens with zero attached hydrogens (tertiary/aromatic N) is 4. The minimum absolute atomic E-state index is 0.187. The third kappa shape index (κ3) is 3.83. The van der Waals surface area contributed by atoms with E-state index in [9.17, 15) is 5.11 Å². The van der Waals surface area contributed by atoms with Crippen molar-refractivity contribution in [1.82, 2.24) is 9.97 Å². The molecule has 2 N–H and O–H groups in total. The maximum atomic E-state index is 10.2. The van der Waals surface area contributed by atoms with Crippen LogP contribution in [0.4, 0.5) is 11.8 Å². The van der Waals surface area contributed by atoms with Crippen LogP contribution in [0.1, 0.15) is 11.3 Å². The zero-order valence-corrected chi connectivity index (χ0v) is 15.1. The van der Waals surface area contributed by atoms with Crippen LogP contribution in [0.5, 0.6) is 5.75 Å². The molecule has 27 heavy (non-hydrogen) atoms. The Morgan fingerprint density at radius 2 is 1.96 bits per heavy atom. The van der Waals surface area contributed by atoms with E-state index in [1.54, 1.807) is 12.3 Å². The summed E-state index contributed by atoms with van der Waals surface area (Å²) in [5.74, 6) is 1.47. The van der Waals surface area contributed by atoms with Gasteiger partial charge in [-0.05, 0) is 23.8 Å². The molecule has 0 saturated carbocycles. The lowest BCUT2D eigenvalue weighted by atomic mass is 10.0. The number of aryl methyl sites for hydroxylation is 1. The number of rotatable bonds is 4. The number of anilines is 2. The Kier molecular flexibility index (Phi) is 4.84. The lowest BCUT2D eigenvalue weighted by molar-refractivity contribution is 0.122. The van der Waals surface area contributed by atoms with E-state index in [0.29, 0.717) is 30.5 Å². The monoisotopic (exact) mass is 363 g/mol. The second-order valence-electron chi connectivity index (χ2n) is 6.38. The SMILES string of the molecule is Cc1cc(N/N=C\c2c(O)ccc3ccccc23)nc(N2CCOCC2)n1. The summed E-state index contributed by atoms with van der Waals surface area (Å²) in [6, 6.07) is 13.3. The highest BCUT2D eigenvalue weighted by Gasteiger charge is 2.14. The number of fused-ring (bicyclic) bond motifs is 1. The van der Waals surface area contributed by atoms with Crippen LogP contribution in [0.3, 0.4) is 0 Å². The number of hydrogen-bond donors (Lipinski definition) is 2. The van der Waals surface area contributed by atoms with Crippen LogP contribution in [0, 0.1) is 6.92 Å². The molecule has 0 bridgehead atoms. The smallest absolute Gasteiger partial charge is 0.227 e. The van der Waals surface area contributed by atoms with Gasteiger partial charge in [-0.15, -0.1) is 0 Å². The molecule has 1 aliphatic rings. The molecule has 1 aliphatic heterocycles. The molecule has 1 saturated heterocycles. The molecule has 1 aromatic heterocycles. The Morgan fingerprint density at radius 1 is 1.15 bits per heavy atom. The number of phenolic OH excluding ortho intramolecular Hbond substituents is 1. The average Bonchev–Trinajstić information content (AvgIpc) is 2.70. The molecule has 1 fully saturated rings. The zero-order valence-electron chi connectivity index (χ0n) is 15.1. The van der Waals surface area contributed by atoms with Crippen LogP contribution in [-0.2, 0) is 4.74 Å². The van der Waals surface area contributed by atoms with Gasteiger partial charge in [0.25, 0.3) is 0 Å². The normalized spacial score (nSPS) is 14.8. The number of ether oxygens (including phenoxy) is 1. The van der Waals surface area contributed by atoms with Crippen LogP contribution >= 0.6 is 0 Å². The van der Waals surface area contributed by atoms with Gasteiger partial charge in [-0.3, -0.25) is 5.43 Å². The van der Waals surface area contributed by atoms with Crippen molar-refractivity contribution in [2.45, 2.75) is 6.92 Å². The molecule has 0 aliphatic carbocycles. The first kappa shape index (κ1) is 17.2. The number of morpholine rings is 1. The average molecular weight is 363 g/mol. The van der Waals surface area contributed by atoms with E-state index in [0.717, 1.165) is 29.6 Å². The van der Waals surface area contributed by atoms with Crippen molar-refractivity contribution >= 4 is 28.8 Å².